The van der Waals surface area contributed by atoms with Gasteiger partial charge in [-0.15, -0.1) is 11.3 Å². The van der Waals surface area contributed by atoms with Crippen molar-refractivity contribution in [2.75, 3.05) is 4.90 Å². The molecule has 240 valence electrons. The molecule has 0 N–H and O–H groups in total. The Hall–Kier alpha value is -6.22. The van der Waals surface area contributed by atoms with Gasteiger partial charge in [0, 0.05) is 37.2 Å². The Kier molecular flexibility index (Phi) is 6.97. The zero-order chi connectivity index (χ0) is 33.8. The van der Waals surface area contributed by atoms with Crippen molar-refractivity contribution >= 4 is 48.6 Å². The van der Waals surface area contributed by atoms with E-state index in [1.54, 1.807) is 0 Å². The molecule has 0 bridgehead atoms. The molecule has 0 radical (unpaired) electrons. The van der Waals surface area contributed by atoms with E-state index in [-0.39, 0.29) is 0 Å². The van der Waals surface area contributed by atoms with Crippen LogP contribution < -0.4 is 4.90 Å². The van der Waals surface area contributed by atoms with Gasteiger partial charge in [0.25, 0.3) is 0 Å². The highest BCUT2D eigenvalue weighted by atomic mass is 32.1. The van der Waals surface area contributed by atoms with E-state index in [1.165, 1.54) is 64.7 Å². The van der Waals surface area contributed by atoms with Crippen molar-refractivity contribution in [1.29, 1.82) is 0 Å². The molecule has 8 aromatic carbocycles. The Morgan fingerprint density at radius 1 is 0.373 bits per heavy atom. The van der Waals surface area contributed by atoms with E-state index < -0.39 is 5.41 Å². The molecule has 0 aliphatic heterocycles. The minimum absolute atomic E-state index is 0.525. The molecule has 0 saturated carbocycles. The fourth-order valence-corrected chi connectivity index (χ4v) is 9.63. The number of fused-ring (bicyclic) bond motifs is 6. The highest BCUT2D eigenvalue weighted by Gasteiger charge is 2.47. The summed E-state index contributed by atoms with van der Waals surface area (Å²) >= 11 is 1.91. The second-order valence-corrected chi connectivity index (χ2v) is 14.3. The molecule has 1 aromatic heterocycles. The van der Waals surface area contributed by atoms with Gasteiger partial charge in [0.1, 0.15) is 0 Å². The van der Waals surface area contributed by atoms with E-state index in [9.17, 15) is 0 Å². The van der Waals surface area contributed by atoms with Gasteiger partial charge in [0.15, 0.2) is 0 Å². The summed E-state index contributed by atoms with van der Waals surface area (Å²) in [5, 5.41) is 2.63. The van der Waals surface area contributed by atoms with E-state index in [0.717, 1.165) is 17.1 Å². The molecule has 2 heteroatoms. The number of anilines is 3. The van der Waals surface area contributed by atoms with Gasteiger partial charge in [-0.25, -0.2) is 0 Å². The van der Waals surface area contributed by atoms with E-state index >= 15 is 0 Å². The molecule has 10 rings (SSSR count). The second kappa shape index (κ2) is 12.0. The first-order valence-corrected chi connectivity index (χ1v) is 18.3. The predicted molar refractivity (Wildman–Crippen MR) is 217 cm³/mol. The summed E-state index contributed by atoms with van der Waals surface area (Å²) in [5.41, 5.74) is 13.1. The van der Waals surface area contributed by atoms with Crippen molar-refractivity contribution in [3.63, 3.8) is 0 Å². The number of thiophene rings is 1. The number of benzene rings is 8. The van der Waals surface area contributed by atoms with Crippen LogP contribution >= 0.6 is 11.3 Å². The first kappa shape index (κ1) is 29.7. The van der Waals surface area contributed by atoms with Crippen molar-refractivity contribution in [2.24, 2.45) is 0 Å². The number of rotatable bonds is 6. The normalized spacial score (nSPS) is 14.7. The lowest BCUT2D eigenvalue weighted by Gasteiger charge is -2.35. The first-order valence-electron chi connectivity index (χ1n) is 17.5. The van der Waals surface area contributed by atoms with Gasteiger partial charge in [-0.3, -0.25) is 0 Å². The Bertz CT molecular complexity index is 2680. The fourth-order valence-electron chi connectivity index (χ4n) is 8.35. The average molecular weight is 668 g/mol. The third-order valence-corrected chi connectivity index (χ3v) is 11.8. The molecule has 0 amide bonds. The summed E-state index contributed by atoms with van der Waals surface area (Å²) in [6, 6.07) is 73.4. The van der Waals surface area contributed by atoms with Crippen LogP contribution in [-0.4, -0.2) is 0 Å². The molecule has 0 fully saturated rings. The summed E-state index contributed by atoms with van der Waals surface area (Å²) in [6.45, 7) is 0. The minimum Gasteiger partial charge on any atom is -0.310 e. The van der Waals surface area contributed by atoms with Crippen LogP contribution in [0.1, 0.15) is 22.3 Å². The zero-order valence-corrected chi connectivity index (χ0v) is 28.7. The maximum Gasteiger partial charge on any atom is 0.0728 e. The van der Waals surface area contributed by atoms with Gasteiger partial charge in [-0.2, -0.15) is 0 Å². The second-order valence-electron chi connectivity index (χ2n) is 13.3. The largest absolute Gasteiger partial charge is 0.310 e. The van der Waals surface area contributed by atoms with Crippen molar-refractivity contribution in [3.8, 4) is 22.3 Å². The highest BCUT2D eigenvalue weighted by molar-refractivity contribution is 7.26. The quantitative estimate of drug-likeness (QED) is 0.171. The monoisotopic (exact) mass is 667 g/mol. The molecule has 1 aliphatic rings. The average Bonchev–Trinajstić information content (AvgIpc) is 3.73. The number of nitrogens with zero attached hydrogens (tertiary/aromatic N) is 1. The molecule has 1 heterocycles. The summed E-state index contributed by atoms with van der Waals surface area (Å²) in [7, 11) is 0. The van der Waals surface area contributed by atoms with Gasteiger partial charge in [-0.05, 0) is 87.0 Å². The van der Waals surface area contributed by atoms with Crippen LogP contribution in [0.4, 0.5) is 17.1 Å². The molecular formula is C49H33NS. The summed E-state index contributed by atoms with van der Waals surface area (Å²) < 4.78 is 2.66. The SMILES string of the molecule is c1ccc(-c2ccc(N(c3ccccc3)c3ccc4c(c3)C(c3ccccc3)(c3cccc5c3sc3ccccc35)c3ccccc3-4)cc2)cc1. The van der Waals surface area contributed by atoms with Crippen LogP contribution in [0.2, 0.25) is 0 Å². The van der Waals surface area contributed by atoms with Crippen LogP contribution in [0, 0.1) is 0 Å². The van der Waals surface area contributed by atoms with E-state index in [2.05, 4.69) is 205 Å². The third kappa shape index (κ3) is 4.61. The molecule has 51 heavy (non-hydrogen) atoms. The molecule has 1 aliphatic carbocycles. The molecular weight excluding hydrogens is 635 g/mol. The lowest BCUT2D eigenvalue weighted by atomic mass is 9.67. The zero-order valence-electron chi connectivity index (χ0n) is 27.9. The minimum atomic E-state index is -0.525. The number of para-hydroxylation sites is 1. The standard InChI is InChI=1S/C49H33NS/c1-4-15-34(16-5-1)35-27-29-38(30-28-35)50(37-19-8-3-9-20-37)39-31-32-41-40-21-10-12-24-44(40)49(46(41)33-39,36-17-6-2-7-18-36)45-25-14-23-43-42-22-11-13-26-47(42)51-48(43)45/h1-33H. The molecule has 0 saturated heterocycles. The maximum atomic E-state index is 2.46. The summed E-state index contributed by atoms with van der Waals surface area (Å²) in [5.74, 6) is 0. The molecule has 1 atom stereocenters. The van der Waals surface area contributed by atoms with Gasteiger partial charge < -0.3 is 4.90 Å². The Balaban J connectivity index is 1.25. The van der Waals surface area contributed by atoms with Gasteiger partial charge in [0.05, 0.1) is 5.41 Å². The van der Waals surface area contributed by atoms with Crippen LogP contribution in [-0.2, 0) is 5.41 Å². The van der Waals surface area contributed by atoms with E-state index in [4.69, 9.17) is 0 Å². The number of hydrogen-bond donors (Lipinski definition) is 0. The van der Waals surface area contributed by atoms with Gasteiger partial charge in [0.2, 0.25) is 0 Å². The van der Waals surface area contributed by atoms with Crippen molar-refractivity contribution in [3.05, 3.63) is 222 Å². The Morgan fingerprint density at radius 3 is 1.75 bits per heavy atom. The van der Waals surface area contributed by atoms with Gasteiger partial charge in [-0.1, -0.05) is 158 Å². The fraction of sp³-hybridized carbons (Fsp3) is 0.0204. The van der Waals surface area contributed by atoms with Crippen molar-refractivity contribution in [1.82, 2.24) is 0 Å². The maximum absolute atomic E-state index is 2.46. The van der Waals surface area contributed by atoms with Gasteiger partial charge >= 0.3 is 0 Å². The first-order chi connectivity index (χ1) is 25.3. The summed E-state index contributed by atoms with van der Waals surface area (Å²) in [4.78, 5) is 2.40. The molecule has 1 nitrogen and oxygen atoms in total. The highest BCUT2D eigenvalue weighted by Crippen LogP contribution is 2.59. The van der Waals surface area contributed by atoms with Crippen LogP contribution in [0.15, 0.2) is 200 Å². The molecule has 9 aromatic rings. The number of hydrogen-bond acceptors (Lipinski definition) is 2. The van der Waals surface area contributed by atoms with E-state index in [1.807, 2.05) is 11.3 Å². The van der Waals surface area contributed by atoms with Crippen molar-refractivity contribution in [2.45, 2.75) is 5.41 Å². The summed E-state index contributed by atoms with van der Waals surface area (Å²) in [6.07, 6.45) is 0. The van der Waals surface area contributed by atoms with Crippen LogP contribution in [0.5, 0.6) is 0 Å². The molecule has 1 unspecified atom stereocenters. The van der Waals surface area contributed by atoms with Crippen LogP contribution in [0.3, 0.4) is 0 Å². The van der Waals surface area contributed by atoms with Crippen LogP contribution in [0.25, 0.3) is 42.4 Å². The smallest absolute Gasteiger partial charge is 0.0728 e. The van der Waals surface area contributed by atoms with E-state index in [0.29, 0.717) is 0 Å². The lowest BCUT2D eigenvalue weighted by Crippen LogP contribution is -2.29. The Labute approximate surface area is 302 Å². The predicted octanol–water partition coefficient (Wildman–Crippen LogP) is 13.6. The Morgan fingerprint density at radius 2 is 0.941 bits per heavy atom. The third-order valence-electron chi connectivity index (χ3n) is 10.5. The van der Waals surface area contributed by atoms with Crippen molar-refractivity contribution < 1.29 is 0 Å². The topological polar surface area (TPSA) is 3.24 Å². The molecule has 0 spiro atoms. The lowest BCUT2D eigenvalue weighted by molar-refractivity contribution is 0.777.